The normalized spacial score (nSPS) is 14.2. The Labute approximate surface area is 169 Å². The molecule has 12 heteroatoms. The minimum Gasteiger partial charge on any atom is -0.301 e. The van der Waals surface area contributed by atoms with Crippen molar-refractivity contribution in [3.63, 3.8) is 0 Å². The van der Waals surface area contributed by atoms with Gasteiger partial charge in [0, 0.05) is 30.1 Å². The van der Waals surface area contributed by atoms with Crippen LogP contribution in [-0.4, -0.2) is 30.7 Å². The van der Waals surface area contributed by atoms with E-state index in [4.69, 9.17) is 11.6 Å². The van der Waals surface area contributed by atoms with Gasteiger partial charge in [0.15, 0.2) is 9.84 Å². The first kappa shape index (κ1) is 20.7. The van der Waals surface area contributed by atoms with Gasteiger partial charge in [-0.1, -0.05) is 29.8 Å². The van der Waals surface area contributed by atoms with Gasteiger partial charge < -0.3 is 4.90 Å². The maximum atomic E-state index is 12.8. The summed E-state index contributed by atoms with van der Waals surface area (Å²) < 4.78 is 25.6. The van der Waals surface area contributed by atoms with Gasteiger partial charge in [0.25, 0.3) is 0 Å². The highest BCUT2D eigenvalue weighted by Crippen LogP contribution is 2.42. The van der Waals surface area contributed by atoms with Crippen LogP contribution in [0.5, 0.6) is 0 Å². The van der Waals surface area contributed by atoms with Gasteiger partial charge in [0.2, 0.25) is 11.6 Å². The fourth-order valence-corrected chi connectivity index (χ4v) is 4.79. The molecule has 1 aliphatic heterocycles. The Hall–Kier alpha value is -3.05. The molecule has 0 bridgehead atoms. The molecule has 0 spiro atoms. The molecule has 0 aromatic heterocycles. The molecule has 1 saturated heterocycles. The molecule has 3 rings (SSSR count). The molecule has 0 aliphatic carbocycles. The molecule has 0 saturated carbocycles. The lowest BCUT2D eigenvalue weighted by molar-refractivity contribution is -0.392. The number of anilines is 1. The monoisotopic (exact) mass is 439 g/mol. The summed E-state index contributed by atoms with van der Waals surface area (Å²) in [5.74, 6) is -1.09. The second-order valence-electron chi connectivity index (χ2n) is 6.32. The van der Waals surface area contributed by atoms with Crippen molar-refractivity contribution in [3.8, 4) is 0 Å². The Balaban J connectivity index is 2.18. The topological polar surface area (TPSA) is 141 Å². The highest BCUT2D eigenvalue weighted by Gasteiger charge is 2.37. The first-order chi connectivity index (χ1) is 13.6. The molecule has 1 fully saturated rings. The van der Waals surface area contributed by atoms with Crippen LogP contribution in [0.4, 0.5) is 17.1 Å². The van der Waals surface area contributed by atoms with Crippen molar-refractivity contribution in [1.82, 2.24) is 0 Å². The predicted molar refractivity (Wildman–Crippen MR) is 104 cm³/mol. The number of sulfone groups is 1. The number of halogens is 1. The first-order valence-electron chi connectivity index (χ1n) is 8.35. The summed E-state index contributed by atoms with van der Waals surface area (Å²) in [5, 5.41) is 23.3. The number of hydrogen-bond acceptors (Lipinski definition) is 7. The Kier molecular flexibility index (Phi) is 5.53. The zero-order valence-electron chi connectivity index (χ0n) is 14.8. The van der Waals surface area contributed by atoms with E-state index in [-0.39, 0.29) is 23.6 Å². The van der Waals surface area contributed by atoms with Crippen molar-refractivity contribution in [2.75, 3.05) is 11.4 Å². The van der Waals surface area contributed by atoms with E-state index in [2.05, 4.69) is 0 Å². The number of amides is 1. The maximum absolute atomic E-state index is 12.8. The molecule has 1 heterocycles. The summed E-state index contributed by atoms with van der Waals surface area (Å²) in [5.41, 5.74) is -1.88. The SMILES string of the molecule is O=C1CCCN1c1c([N+](=O)[O-])cc(S(=O)(=O)Cc2ccccc2Cl)cc1[N+](=O)[O-]. The van der Waals surface area contributed by atoms with Gasteiger partial charge in [-0.05, 0) is 18.1 Å². The van der Waals surface area contributed by atoms with Gasteiger partial charge >= 0.3 is 11.4 Å². The third-order valence-corrected chi connectivity index (χ3v) is 6.46. The van der Waals surface area contributed by atoms with Crippen LogP contribution in [0.25, 0.3) is 0 Å². The van der Waals surface area contributed by atoms with Gasteiger partial charge in [-0.15, -0.1) is 0 Å². The van der Waals surface area contributed by atoms with E-state index in [1.54, 1.807) is 12.1 Å². The number of rotatable bonds is 6. The van der Waals surface area contributed by atoms with Crippen LogP contribution in [0, 0.1) is 20.2 Å². The van der Waals surface area contributed by atoms with Crippen molar-refractivity contribution in [1.29, 1.82) is 0 Å². The Bertz CT molecular complexity index is 1100. The third kappa shape index (κ3) is 4.05. The third-order valence-electron chi connectivity index (χ3n) is 4.44. The van der Waals surface area contributed by atoms with Crippen molar-refractivity contribution >= 4 is 44.4 Å². The minimum atomic E-state index is -4.20. The van der Waals surface area contributed by atoms with Crippen LogP contribution < -0.4 is 4.90 Å². The maximum Gasteiger partial charge on any atom is 0.301 e. The minimum absolute atomic E-state index is 0.0756. The molecule has 0 radical (unpaired) electrons. The molecule has 1 aliphatic rings. The highest BCUT2D eigenvalue weighted by atomic mass is 35.5. The van der Waals surface area contributed by atoms with E-state index in [9.17, 15) is 33.4 Å². The zero-order valence-corrected chi connectivity index (χ0v) is 16.4. The van der Waals surface area contributed by atoms with Crippen LogP contribution in [0.1, 0.15) is 18.4 Å². The summed E-state index contributed by atoms with van der Waals surface area (Å²) >= 11 is 5.98. The van der Waals surface area contributed by atoms with Gasteiger partial charge in [0.05, 0.1) is 20.5 Å². The van der Waals surface area contributed by atoms with E-state index in [0.29, 0.717) is 6.42 Å². The van der Waals surface area contributed by atoms with Gasteiger partial charge in [-0.2, -0.15) is 0 Å². The fourth-order valence-electron chi connectivity index (χ4n) is 3.10. The van der Waals surface area contributed by atoms with E-state index >= 15 is 0 Å². The van der Waals surface area contributed by atoms with Crippen LogP contribution in [-0.2, 0) is 20.4 Å². The second-order valence-corrected chi connectivity index (χ2v) is 8.72. The molecule has 0 unspecified atom stereocenters. The van der Waals surface area contributed by atoms with Gasteiger partial charge in [0.1, 0.15) is 0 Å². The standard InChI is InChI=1S/C17H14ClN3O7S/c18-13-5-2-1-4-11(13)10-29(27,28)12-8-14(20(23)24)17(15(9-12)21(25)26)19-7-3-6-16(19)22/h1-2,4-5,8-9H,3,6-7,10H2. The lowest BCUT2D eigenvalue weighted by Crippen LogP contribution is -2.26. The van der Waals surface area contributed by atoms with Crippen molar-refractivity contribution in [2.24, 2.45) is 0 Å². The Morgan fingerprint density at radius 3 is 2.14 bits per heavy atom. The summed E-state index contributed by atoms with van der Waals surface area (Å²) in [6.07, 6.45) is 0.487. The van der Waals surface area contributed by atoms with Gasteiger partial charge in [-0.25, -0.2) is 8.42 Å². The number of nitrogens with zero attached hydrogens (tertiary/aromatic N) is 3. The molecule has 1 amide bonds. The molecular weight excluding hydrogens is 426 g/mol. The van der Waals surface area contributed by atoms with E-state index in [0.717, 1.165) is 17.0 Å². The lowest BCUT2D eigenvalue weighted by Gasteiger charge is -2.16. The van der Waals surface area contributed by atoms with Crippen LogP contribution in [0.2, 0.25) is 5.02 Å². The van der Waals surface area contributed by atoms with Gasteiger partial charge in [-0.3, -0.25) is 25.0 Å². The second kappa shape index (κ2) is 7.76. The van der Waals surface area contributed by atoms with E-state index in [1.165, 1.54) is 12.1 Å². The average molecular weight is 440 g/mol. The molecule has 2 aromatic carbocycles. The predicted octanol–water partition coefficient (Wildman–Crippen LogP) is 3.26. The first-order valence-corrected chi connectivity index (χ1v) is 10.4. The highest BCUT2D eigenvalue weighted by molar-refractivity contribution is 7.90. The molecule has 10 nitrogen and oxygen atoms in total. The van der Waals surface area contributed by atoms with Crippen molar-refractivity contribution in [3.05, 3.63) is 67.2 Å². The summed E-state index contributed by atoms with van der Waals surface area (Å²) in [6.45, 7) is 0.0756. The summed E-state index contributed by atoms with van der Waals surface area (Å²) in [6, 6.07) is 7.64. The number of benzene rings is 2. The number of nitro groups is 2. The average Bonchev–Trinajstić information content (AvgIpc) is 3.07. The number of hydrogen-bond donors (Lipinski definition) is 0. The van der Waals surface area contributed by atoms with Crippen LogP contribution >= 0.6 is 11.6 Å². The molecule has 0 N–H and O–H groups in total. The van der Waals surface area contributed by atoms with E-state index < -0.39 is 53.3 Å². The quantitative estimate of drug-likeness (QED) is 0.496. The molecule has 2 aromatic rings. The summed E-state index contributed by atoms with van der Waals surface area (Å²) in [4.78, 5) is 33.7. The van der Waals surface area contributed by atoms with E-state index in [1.807, 2.05) is 0 Å². The molecule has 29 heavy (non-hydrogen) atoms. The fraction of sp³-hybridized carbons (Fsp3) is 0.235. The smallest absolute Gasteiger partial charge is 0.301 e. The molecular formula is C17H14ClN3O7S. The Morgan fingerprint density at radius 1 is 1.07 bits per heavy atom. The van der Waals surface area contributed by atoms with Crippen molar-refractivity contribution in [2.45, 2.75) is 23.5 Å². The molecule has 0 atom stereocenters. The number of carbonyl (C=O) groups excluding carboxylic acids is 1. The number of nitro benzene ring substituents is 2. The van der Waals surface area contributed by atoms with Crippen LogP contribution in [0.3, 0.4) is 0 Å². The summed E-state index contributed by atoms with van der Waals surface area (Å²) in [7, 11) is -4.20. The lowest BCUT2D eigenvalue weighted by atomic mass is 10.2. The zero-order chi connectivity index (χ0) is 21.3. The van der Waals surface area contributed by atoms with Crippen LogP contribution in [0.15, 0.2) is 41.3 Å². The number of carbonyl (C=O) groups is 1. The largest absolute Gasteiger partial charge is 0.301 e. The Morgan fingerprint density at radius 2 is 1.66 bits per heavy atom. The van der Waals surface area contributed by atoms with Crippen molar-refractivity contribution < 1.29 is 23.1 Å². The molecule has 152 valence electrons.